The first-order valence-corrected chi connectivity index (χ1v) is 17.2. The molecular formula is C40H22N6O2S2. The predicted molar refractivity (Wildman–Crippen MR) is 195 cm³/mol. The fraction of sp³-hybridized carbons (Fsp3) is 0.150. The van der Waals surface area contributed by atoms with Crippen molar-refractivity contribution >= 4 is 67.9 Å². The van der Waals surface area contributed by atoms with E-state index in [4.69, 9.17) is 23.1 Å². The van der Waals surface area contributed by atoms with Crippen molar-refractivity contribution in [2.75, 3.05) is 0 Å². The minimum Gasteiger partial charge on any atom is -0.287 e. The highest BCUT2D eigenvalue weighted by atomic mass is 32.1. The van der Waals surface area contributed by atoms with E-state index in [9.17, 15) is 20.1 Å². The van der Waals surface area contributed by atoms with Crippen LogP contribution in [0.1, 0.15) is 81.1 Å². The fourth-order valence-electron chi connectivity index (χ4n) is 7.47. The van der Waals surface area contributed by atoms with Crippen LogP contribution in [0.25, 0.3) is 36.7 Å². The van der Waals surface area contributed by atoms with E-state index in [1.165, 1.54) is 16.9 Å². The molecule has 0 atom stereocenters. The Morgan fingerprint density at radius 1 is 0.720 bits per heavy atom. The number of hydrogen-bond donors (Lipinski definition) is 0. The number of nitriles is 2. The maximum absolute atomic E-state index is 13.6. The van der Waals surface area contributed by atoms with Crippen LogP contribution in [0.4, 0.5) is 5.00 Å². The summed E-state index contributed by atoms with van der Waals surface area (Å²) in [7, 11) is 0. The van der Waals surface area contributed by atoms with Crippen molar-refractivity contribution in [1.82, 2.24) is 0 Å². The van der Waals surface area contributed by atoms with Crippen LogP contribution in [0.5, 0.6) is 0 Å². The van der Waals surface area contributed by atoms with E-state index in [0.717, 1.165) is 25.8 Å². The van der Waals surface area contributed by atoms with Gasteiger partial charge in [0.25, 0.3) is 11.4 Å². The molecule has 50 heavy (non-hydrogen) atoms. The minimum absolute atomic E-state index is 0.105. The quantitative estimate of drug-likeness (QED) is 0.155. The average molecular weight is 683 g/mol. The molecule has 2 heterocycles. The summed E-state index contributed by atoms with van der Waals surface area (Å²) in [4.78, 5) is 46.9. The molecule has 0 saturated heterocycles. The molecule has 0 N–H and O–H groups in total. The molecule has 4 aromatic rings. The van der Waals surface area contributed by atoms with Crippen molar-refractivity contribution in [3.63, 3.8) is 0 Å². The van der Waals surface area contributed by atoms with Gasteiger partial charge in [0, 0.05) is 42.9 Å². The smallest absolute Gasteiger partial charge is 0.271 e. The Bertz CT molecular complexity index is 2650. The van der Waals surface area contributed by atoms with Gasteiger partial charge in [0.2, 0.25) is 11.6 Å². The van der Waals surface area contributed by atoms with Crippen LogP contribution in [0.2, 0.25) is 0 Å². The maximum Gasteiger partial charge on any atom is 0.271 e. The largest absolute Gasteiger partial charge is 0.287 e. The molecule has 0 aliphatic heterocycles. The molecule has 2 aromatic heterocycles. The van der Waals surface area contributed by atoms with E-state index < -0.39 is 10.8 Å². The van der Waals surface area contributed by atoms with Gasteiger partial charge in [-0.3, -0.25) is 9.59 Å². The number of allylic oxidation sites excluding steroid dienone is 5. The van der Waals surface area contributed by atoms with Crippen molar-refractivity contribution in [3.05, 3.63) is 138 Å². The molecule has 0 unspecified atom stereocenters. The molecule has 0 bridgehead atoms. The number of nitrogens with zero attached hydrogens (tertiary/aromatic N) is 6. The zero-order chi connectivity index (χ0) is 35.3. The van der Waals surface area contributed by atoms with Crippen LogP contribution in [0.15, 0.2) is 81.7 Å². The number of thiophene rings is 2. The Morgan fingerprint density at radius 2 is 1.24 bits per heavy atom. The number of carbonyl (C=O) groups is 2. The highest BCUT2D eigenvalue weighted by Gasteiger charge is 2.49. The number of rotatable bonds is 2. The number of Topliss-reactive ketones (excluding diaryl/α,β-unsaturated/α-hetero) is 2. The zero-order valence-electron chi connectivity index (χ0n) is 27.1. The lowest BCUT2D eigenvalue weighted by Crippen LogP contribution is -2.24. The second-order valence-electron chi connectivity index (χ2n) is 13.2. The second-order valence-corrected chi connectivity index (χ2v) is 15.3. The Morgan fingerprint density at radius 3 is 1.76 bits per heavy atom. The van der Waals surface area contributed by atoms with Crippen LogP contribution in [0, 0.1) is 35.8 Å². The van der Waals surface area contributed by atoms with E-state index in [-0.39, 0.29) is 45.5 Å². The first-order chi connectivity index (χ1) is 24.0. The third-order valence-corrected chi connectivity index (χ3v) is 12.2. The summed E-state index contributed by atoms with van der Waals surface area (Å²) in [6.45, 7) is 23.7. The molecule has 4 aliphatic rings. The molecule has 0 radical (unpaired) electrons. The molecule has 236 valence electrons. The summed E-state index contributed by atoms with van der Waals surface area (Å²) in [5, 5.41) is 20.1. The van der Waals surface area contributed by atoms with Crippen molar-refractivity contribution in [1.29, 1.82) is 10.5 Å². The highest BCUT2D eigenvalue weighted by molar-refractivity contribution is 7.25. The minimum atomic E-state index is -0.596. The summed E-state index contributed by atoms with van der Waals surface area (Å²) in [5.41, 5.74) is 5.40. The lowest BCUT2D eigenvalue weighted by Gasteiger charge is -2.28. The Kier molecular flexibility index (Phi) is 6.57. The summed E-state index contributed by atoms with van der Waals surface area (Å²) >= 11 is 3.12. The van der Waals surface area contributed by atoms with Gasteiger partial charge in [-0.15, -0.1) is 22.7 Å². The lowest BCUT2D eigenvalue weighted by atomic mass is 9.75. The SMILES string of the molecule is [C-]#[N+]C(C#N)=C1C(=NC2=Cc3sc4c(c3C2(C)C)C(C)(C)c2cc(N=C3C(=O)c5ccccc5/C3=C(/C#N)[N+]#[C-])sc2-4)C(=O)c2ccccc21. The van der Waals surface area contributed by atoms with Crippen molar-refractivity contribution in [2.24, 2.45) is 9.98 Å². The highest BCUT2D eigenvalue weighted by Crippen LogP contribution is 2.63. The van der Waals surface area contributed by atoms with E-state index in [1.54, 1.807) is 59.9 Å². The van der Waals surface area contributed by atoms with Crippen LogP contribution in [0.3, 0.4) is 0 Å². The molecule has 0 spiro atoms. The predicted octanol–water partition coefficient (Wildman–Crippen LogP) is 9.36. The van der Waals surface area contributed by atoms with E-state index >= 15 is 0 Å². The standard InChI is InChI=1S/C40H22N6O2S2/c1-39(2)23-15-28(46-34-30(25(18-42)44-6)20-12-8-10-14-22(20)36(34)48)50-37(23)38-32(39)31-26(49-38)16-27(40(31,3)4)45-33-29(24(17-41)43-5)19-11-7-9-13-21(19)35(33)47/h7-16H,1-4H3/b29-24?,30-25+,45-33?,46-34?. The molecule has 8 nitrogen and oxygen atoms in total. The summed E-state index contributed by atoms with van der Waals surface area (Å²) in [6, 6.07) is 19.9. The third kappa shape index (κ3) is 3.98. The van der Waals surface area contributed by atoms with Gasteiger partial charge in [-0.2, -0.15) is 0 Å². The summed E-state index contributed by atoms with van der Waals surface area (Å²) < 4.78 is 0. The van der Waals surface area contributed by atoms with Gasteiger partial charge < -0.3 is 0 Å². The molecule has 0 saturated carbocycles. The van der Waals surface area contributed by atoms with Gasteiger partial charge in [0.05, 0.1) is 35.9 Å². The van der Waals surface area contributed by atoms with Crippen molar-refractivity contribution in [2.45, 2.75) is 38.5 Å². The molecule has 0 amide bonds. The number of fused-ring (bicyclic) bond motifs is 7. The number of benzene rings is 2. The Balaban J connectivity index is 1.24. The van der Waals surface area contributed by atoms with Gasteiger partial charge in [-0.05, 0) is 40.0 Å². The maximum atomic E-state index is 13.6. The van der Waals surface area contributed by atoms with Crippen LogP contribution >= 0.6 is 22.7 Å². The molecule has 2 aromatic carbocycles. The normalized spacial score (nSPS) is 20.6. The molecule has 0 fully saturated rings. The number of ketones is 2. The second kappa shape index (κ2) is 10.6. The van der Waals surface area contributed by atoms with Gasteiger partial charge in [0.1, 0.15) is 16.4 Å². The number of carbonyl (C=O) groups excluding carboxylic acids is 2. The van der Waals surface area contributed by atoms with Crippen molar-refractivity contribution < 1.29 is 9.59 Å². The van der Waals surface area contributed by atoms with Crippen LogP contribution in [-0.4, -0.2) is 23.0 Å². The third-order valence-electron chi connectivity index (χ3n) is 9.84. The van der Waals surface area contributed by atoms with Gasteiger partial charge >= 0.3 is 0 Å². The lowest BCUT2D eigenvalue weighted by molar-refractivity contribution is 0.106. The fourth-order valence-corrected chi connectivity index (χ4v) is 10.4. The topological polar surface area (TPSA) is 115 Å². The Hall–Kier alpha value is -6.30. The summed E-state index contributed by atoms with van der Waals surface area (Å²) in [5.74, 6) is -0.613. The Labute approximate surface area is 295 Å². The molecular weight excluding hydrogens is 661 g/mol. The molecule has 10 heteroatoms. The first kappa shape index (κ1) is 31.0. The zero-order valence-corrected chi connectivity index (χ0v) is 28.7. The van der Waals surface area contributed by atoms with E-state index in [2.05, 4.69) is 37.4 Å². The number of aliphatic imine (C=N–C) groups is 2. The van der Waals surface area contributed by atoms with Gasteiger partial charge in [-0.1, -0.05) is 76.2 Å². The van der Waals surface area contributed by atoms with Gasteiger partial charge in [0.15, 0.2) is 0 Å². The van der Waals surface area contributed by atoms with Crippen LogP contribution in [-0.2, 0) is 10.8 Å². The van der Waals surface area contributed by atoms with Crippen LogP contribution < -0.4 is 0 Å². The average Bonchev–Trinajstić information content (AvgIpc) is 3.91. The molecule has 4 aliphatic carbocycles. The van der Waals surface area contributed by atoms with Gasteiger partial charge in [-0.25, -0.2) is 30.2 Å². The monoisotopic (exact) mass is 682 g/mol. The summed E-state index contributed by atoms with van der Waals surface area (Å²) in [6.07, 6.45) is 2.01. The van der Waals surface area contributed by atoms with E-state index in [1.807, 2.05) is 24.3 Å². The molecule has 8 rings (SSSR count). The number of hydrogen-bond acceptors (Lipinski definition) is 8. The van der Waals surface area contributed by atoms with Crippen molar-refractivity contribution in [3.8, 4) is 21.9 Å². The first-order valence-electron chi connectivity index (χ1n) is 15.5. The van der Waals surface area contributed by atoms with E-state index in [0.29, 0.717) is 33.0 Å².